The molecule has 1 saturated heterocycles. The van der Waals surface area contributed by atoms with E-state index in [0.717, 1.165) is 32.4 Å². The Labute approximate surface area is 212 Å². The Morgan fingerprint density at radius 2 is 1.69 bits per heavy atom. The lowest BCUT2D eigenvalue weighted by molar-refractivity contribution is 0.154. The van der Waals surface area contributed by atoms with Gasteiger partial charge in [0.05, 0.1) is 0 Å². The lowest BCUT2D eigenvalue weighted by Crippen LogP contribution is -2.43. The number of phenols is 1. The quantitative estimate of drug-likeness (QED) is 0.501. The Balaban J connectivity index is 1.21. The summed E-state index contributed by atoms with van der Waals surface area (Å²) < 4.78 is 0. The third-order valence-electron chi connectivity index (χ3n) is 8.55. The van der Waals surface area contributed by atoms with Gasteiger partial charge in [-0.3, -0.25) is 4.90 Å². The predicted molar refractivity (Wildman–Crippen MR) is 146 cm³/mol. The van der Waals surface area contributed by atoms with E-state index in [2.05, 4.69) is 71.4 Å². The van der Waals surface area contributed by atoms with Crippen molar-refractivity contribution in [3.05, 3.63) is 89.0 Å². The molecular weight excluding hydrogens is 428 g/mol. The van der Waals surface area contributed by atoms with Crippen LogP contribution in [0.4, 0.5) is 0 Å². The van der Waals surface area contributed by atoms with Crippen molar-refractivity contribution in [2.45, 2.75) is 64.5 Å². The first kappa shape index (κ1) is 24.3. The molecule has 2 unspecified atom stereocenters. The Bertz CT molecular complexity index is 1020. The molecule has 1 N–H and O–H groups in total. The number of hydrogen-bond donors (Lipinski definition) is 1. The van der Waals surface area contributed by atoms with E-state index in [1.54, 1.807) is 0 Å². The van der Waals surface area contributed by atoms with Gasteiger partial charge in [-0.25, -0.2) is 0 Å². The average molecular weight is 471 g/mol. The van der Waals surface area contributed by atoms with Crippen LogP contribution in [0.3, 0.4) is 0 Å². The summed E-state index contributed by atoms with van der Waals surface area (Å²) in [6.45, 7) is 8.11. The number of benzene rings is 2. The van der Waals surface area contributed by atoms with Gasteiger partial charge in [0, 0.05) is 19.1 Å². The normalized spacial score (nSPS) is 24.6. The molecule has 5 rings (SSSR count). The van der Waals surface area contributed by atoms with Crippen LogP contribution in [0.15, 0.2) is 66.8 Å². The number of rotatable bonds is 8. The van der Waals surface area contributed by atoms with E-state index >= 15 is 0 Å². The highest BCUT2D eigenvalue weighted by Gasteiger charge is 2.33. The van der Waals surface area contributed by atoms with Crippen LogP contribution in [0.25, 0.3) is 0 Å². The monoisotopic (exact) mass is 470 g/mol. The zero-order valence-corrected chi connectivity index (χ0v) is 21.4. The number of phenolic OH excluding ortho intramolecular Hbond substituents is 1. The number of nitrogens with zero attached hydrogens (tertiary/aromatic N) is 2. The summed E-state index contributed by atoms with van der Waals surface area (Å²) in [6, 6.07) is 15.8. The molecule has 1 aliphatic heterocycles. The third kappa shape index (κ3) is 6.08. The Kier molecular flexibility index (Phi) is 8.06. The molecule has 0 saturated carbocycles. The van der Waals surface area contributed by atoms with E-state index in [-0.39, 0.29) is 0 Å². The number of piperidine rings is 1. The van der Waals surface area contributed by atoms with Crippen LogP contribution < -0.4 is 0 Å². The van der Waals surface area contributed by atoms with Crippen molar-refractivity contribution in [1.29, 1.82) is 0 Å². The fourth-order valence-electron chi connectivity index (χ4n) is 6.46. The first-order chi connectivity index (χ1) is 17.2. The topological polar surface area (TPSA) is 26.7 Å². The molecule has 3 aliphatic rings. The lowest BCUT2D eigenvalue weighted by atomic mass is 9.73. The summed E-state index contributed by atoms with van der Waals surface area (Å²) in [5, 5.41) is 9.87. The van der Waals surface area contributed by atoms with Gasteiger partial charge in [-0.1, -0.05) is 68.0 Å². The molecule has 0 bridgehead atoms. The van der Waals surface area contributed by atoms with Gasteiger partial charge in [-0.15, -0.1) is 0 Å². The van der Waals surface area contributed by atoms with Crippen molar-refractivity contribution >= 4 is 0 Å². The van der Waals surface area contributed by atoms with Gasteiger partial charge in [0.25, 0.3) is 0 Å². The minimum absolute atomic E-state index is 0.398. The first-order valence-corrected chi connectivity index (χ1v) is 13.9. The van der Waals surface area contributed by atoms with Gasteiger partial charge in [0.1, 0.15) is 5.75 Å². The molecule has 2 aromatic carbocycles. The molecule has 186 valence electrons. The van der Waals surface area contributed by atoms with Crippen molar-refractivity contribution in [2.24, 2.45) is 11.8 Å². The van der Waals surface area contributed by atoms with Gasteiger partial charge in [0.2, 0.25) is 0 Å². The summed E-state index contributed by atoms with van der Waals surface area (Å²) in [5.74, 6) is 1.57. The molecule has 35 heavy (non-hydrogen) atoms. The number of aromatic hydroxyl groups is 1. The molecule has 2 aromatic rings. The lowest BCUT2D eigenvalue weighted by Gasteiger charge is -2.40. The predicted octanol–water partition coefficient (Wildman–Crippen LogP) is 6.16. The van der Waals surface area contributed by atoms with Gasteiger partial charge in [0.15, 0.2) is 0 Å². The highest BCUT2D eigenvalue weighted by Crippen LogP contribution is 2.37. The molecule has 3 atom stereocenters. The molecule has 0 spiro atoms. The number of allylic oxidation sites excluding steroid dienone is 2. The van der Waals surface area contributed by atoms with E-state index in [1.807, 2.05) is 12.1 Å². The molecule has 0 aromatic heterocycles. The molecular formula is C32H42N2O. The van der Waals surface area contributed by atoms with Gasteiger partial charge in [-0.05, 0) is 104 Å². The Morgan fingerprint density at radius 3 is 2.49 bits per heavy atom. The summed E-state index contributed by atoms with van der Waals surface area (Å²) in [6.07, 6.45) is 18.0. The second kappa shape index (κ2) is 11.6. The second-order valence-corrected chi connectivity index (χ2v) is 10.8. The maximum Gasteiger partial charge on any atom is 0.115 e. The van der Waals surface area contributed by atoms with E-state index in [4.69, 9.17) is 0 Å². The molecule has 0 amide bonds. The van der Waals surface area contributed by atoms with Crippen LogP contribution in [-0.4, -0.2) is 47.1 Å². The highest BCUT2D eigenvalue weighted by atomic mass is 16.3. The highest BCUT2D eigenvalue weighted by molar-refractivity contribution is 5.37. The number of likely N-dealkylation sites (tertiary alicyclic amines) is 1. The molecule has 0 radical (unpaired) electrons. The number of hydrogen-bond acceptors (Lipinski definition) is 3. The van der Waals surface area contributed by atoms with Crippen molar-refractivity contribution in [3.8, 4) is 5.75 Å². The first-order valence-electron chi connectivity index (χ1n) is 13.9. The Morgan fingerprint density at radius 1 is 0.914 bits per heavy atom. The summed E-state index contributed by atoms with van der Waals surface area (Å²) >= 11 is 0. The van der Waals surface area contributed by atoms with Crippen molar-refractivity contribution in [3.63, 3.8) is 0 Å². The van der Waals surface area contributed by atoms with Gasteiger partial charge < -0.3 is 10.0 Å². The van der Waals surface area contributed by atoms with Crippen LogP contribution >= 0.6 is 0 Å². The smallest absolute Gasteiger partial charge is 0.115 e. The maximum atomic E-state index is 9.87. The maximum absolute atomic E-state index is 9.87. The molecule has 1 heterocycles. The SMILES string of the molecule is CCN(Cc1ccc(CCN2CCCCC2)cc1)C1C=CC=CC1[C@@H]1CCc2cc(O)ccc2C1. The third-order valence-corrected chi connectivity index (χ3v) is 8.55. The van der Waals surface area contributed by atoms with E-state index in [9.17, 15) is 5.11 Å². The molecule has 2 aliphatic carbocycles. The van der Waals surface area contributed by atoms with Crippen LogP contribution in [-0.2, 0) is 25.8 Å². The minimum atomic E-state index is 0.398. The summed E-state index contributed by atoms with van der Waals surface area (Å²) in [4.78, 5) is 5.28. The van der Waals surface area contributed by atoms with Crippen LogP contribution in [0.1, 0.15) is 54.9 Å². The van der Waals surface area contributed by atoms with Gasteiger partial charge in [-0.2, -0.15) is 0 Å². The van der Waals surface area contributed by atoms with Gasteiger partial charge >= 0.3 is 0 Å². The van der Waals surface area contributed by atoms with E-state index in [0.29, 0.717) is 23.6 Å². The van der Waals surface area contributed by atoms with Crippen molar-refractivity contribution in [1.82, 2.24) is 9.80 Å². The summed E-state index contributed by atoms with van der Waals surface area (Å²) in [7, 11) is 0. The fourth-order valence-corrected chi connectivity index (χ4v) is 6.46. The Hall–Kier alpha value is -2.36. The molecule has 3 nitrogen and oxygen atoms in total. The average Bonchev–Trinajstić information content (AvgIpc) is 2.91. The second-order valence-electron chi connectivity index (χ2n) is 10.8. The largest absolute Gasteiger partial charge is 0.508 e. The zero-order chi connectivity index (χ0) is 24.0. The van der Waals surface area contributed by atoms with E-state index in [1.165, 1.54) is 67.6 Å². The van der Waals surface area contributed by atoms with Crippen LogP contribution in [0.5, 0.6) is 5.75 Å². The minimum Gasteiger partial charge on any atom is -0.508 e. The fraction of sp³-hybridized carbons (Fsp3) is 0.500. The summed E-state index contributed by atoms with van der Waals surface area (Å²) in [5.41, 5.74) is 5.64. The zero-order valence-electron chi connectivity index (χ0n) is 21.4. The van der Waals surface area contributed by atoms with Crippen LogP contribution in [0, 0.1) is 11.8 Å². The number of fused-ring (bicyclic) bond motifs is 1. The molecule has 3 heteroatoms. The number of aryl methyl sites for hydroxylation is 1. The van der Waals surface area contributed by atoms with Crippen molar-refractivity contribution in [2.75, 3.05) is 26.2 Å². The van der Waals surface area contributed by atoms with E-state index < -0.39 is 0 Å². The van der Waals surface area contributed by atoms with Crippen LogP contribution in [0.2, 0.25) is 0 Å². The number of likely N-dealkylation sites (N-methyl/N-ethyl adjacent to an activating group) is 1. The molecule has 1 fully saturated rings. The van der Waals surface area contributed by atoms with Crippen molar-refractivity contribution < 1.29 is 5.11 Å². The standard InChI is InChI=1S/C32H42N2O/c1-2-34(24-26-12-10-25(11-13-26)18-21-33-19-6-3-7-20-33)32-9-5-4-8-31(32)29-15-14-28-23-30(35)17-16-27(28)22-29/h4-5,8-13,16-17,23,29,31-32,35H,2-3,6-7,14-15,18-22,24H2,1H3/t29-,31?,32?/m1/s1.